The van der Waals surface area contributed by atoms with Crippen LogP contribution in [0, 0.1) is 19.8 Å². The normalized spacial score (nSPS) is 11.9. The maximum Gasteiger partial charge on any atom is 0.241 e. The first-order valence-corrected chi connectivity index (χ1v) is 9.35. The molecule has 6 nitrogen and oxygen atoms in total. The van der Waals surface area contributed by atoms with Crippen molar-refractivity contribution in [3.63, 3.8) is 0 Å². The lowest BCUT2D eigenvalue weighted by Gasteiger charge is -2.15. The average molecular weight is 393 g/mol. The van der Waals surface area contributed by atoms with Gasteiger partial charge in [-0.05, 0) is 44.2 Å². The van der Waals surface area contributed by atoms with Crippen molar-refractivity contribution in [1.29, 1.82) is 0 Å². The van der Waals surface area contributed by atoms with Crippen molar-refractivity contribution >= 4 is 17.5 Å². The average Bonchev–Trinajstić information content (AvgIpc) is 2.97. The Labute approximate surface area is 165 Å². The maximum atomic E-state index is 12.0. The predicted molar refractivity (Wildman–Crippen MR) is 106 cm³/mol. The smallest absolute Gasteiger partial charge is 0.241 e. The lowest BCUT2D eigenvalue weighted by atomic mass is 9.96. The Morgan fingerprint density at radius 3 is 2.63 bits per heavy atom. The first kappa shape index (κ1) is 21.1. The predicted octanol–water partition coefficient (Wildman–Crippen LogP) is 3.99. The first-order chi connectivity index (χ1) is 12.8. The van der Waals surface area contributed by atoms with Crippen LogP contribution >= 0.6 is 11.6 Å². The summed E-state index contributed by atoms with van der Waals surface area (Å²) in [5.74, 6) is 2.05. The third-order valence-electron chi connectivity index (χ3n) is 4.57. The van der Waals surface area contributed by atoms with Crippen molar-refractivity contribution in [2.45, 2.75) is 46.6 Å². The van der Waals surface area contributed by atoms with Crippen LogP contribution in [-0.2, 0) is 17.8 Å². The highest BCUT2D eigenvalue weighted by Crippen LogP contribution is 2.38. The standard InChI is InChI=1S/C20H27ClN3O3/c1-12(10-15-7-8-16(26-4)20(27-5)19(15)21)6-9-18(25)22-11-17-23-13(2)14(3)24-17/h7-8,12H,6,9-11H2,1-5H3,(H,23,24). The largest absolute Gasteiger partial charge is 0.493 e. The SMILES string of the molecule is COc1ccc(CC(C)CCC(=O)[N]Cc2nc(C)c(C)[nH]2)c(Cl)c1OC. The van der Waals surface area contributed by atoms with Gasteiger partial charge in [-0.25, -0.2) is 10.3 Å². The van der Waals surface area contributed by atoms with E-state index in [1.54, 1.807) is 14.2 Å². The Bertz CT molecular complexity index is 770. The molecule has 147 valence electrons. The van der Waals surface area contributed by atoms with Gasteiger partial charge in [-0.1, -0.05) is 24.6 Å². The molecular weight excluding hydrogens is 366 g/mol. The zero-order valence-corrected chi connectivity index (χ0v) is 17.3. The first-order valence-electron chi connectivity index (χ1n) is 8.97. The minimum absolute atomic E-state index is 0.105. The zero-order valence-electron chi connectivity index (χ0n) is 16.6. The number of aryl methyl sites for hydroxylation is 2. The van der Waals surface area contributed by atoms with Gasteiger partial charge in [0.25, 0.3) is 0 Å². The quantitative estimate of drug-likeness (QED) is 0.699. The topological polar surface area (TPSA) is 78.3 Å². The summed E-state index contributed by atoms with van der Waals surface area (Å²) in [6.45, 7) is 6.27. The fraction of sp³-hybridized carbons (Fsp3) is 0.500. The van der Waals surface area contributed by atoms with Gasteiger partial charge in [-0.3, -0.25) is 4.79 Å². The number of aromatic nitrogens is 2. The number of aromatic amines is 1. The highest BCUT2D eigenvalue weighted by molar-refractivity contribution is 6.33. The highest BCUT2D eigenvalue weighted by Gasteiger charge is 2.16. The number of carbonyl (C=O) groups excluding carboxylic acids is 1. The summed E-state index contributed by atoms with van der Waals surface area (Å²) < 4.78 is 10.6. The van der Waals surface area contributed by atoms with E-state index < -0.39 is 0 Å². The number of ether oxygens (including phenoxy) is 2. The minimum atomic E-state index is -0.105. The Morgan fingerprint density at radius 1 is 1.30 bits per heavy atom. The van der Waals surface area contributed by atoms with Gasteiger partial charge < -0.3 is 14.5 Å². The van der Waals surface area contributed by atoms with E-state index >= 15 is 0 Å². The number of carbonyl (C=O) groups is 1. The second-order valence-electron chi connectivity index (χ2n) is 6.73. The van der Waals surface area contributed by atoms with Crippen LogP contribution in [-0.4, -0.2) is 30.1 Å². The Balaban J connectivity index is 1.83. The molecule has 1 aromatic heterocycles. The van der Waals surface area contributed by atoms with Crippen molar-refractivity contribution in [3.8, 4) is 11.5 Å². The molecule has 1 unspecified atom stereocenters. The van der Waals surface area contributed by atoms with Crippen molar-refractivity contribution in [2.75, 3.05) is 14.2 Å². The summed E-state index contributed by atoms with van der Waals surface area (Å²) >= 11 is 6.43. The molecule has 1 amide bonds. The van der Waals surface area contributed by atoms with Crippen LogP contribution in [0.15, 0.2) is 12.1 Å². The van der Waals surface area contributed by atoms with Gasteiger partial charge in [-0.2, -0.15) is 0 Å². The molecule has 0 aliphatic carbocycles. The molecular formula is C20H27ClN3O3. The van der Waals surface area contributed by atoms with Crippen molar-refractivity contribution in [1.82, 2.24) is 15.3 Å². The Kier molecular flexibility index (Phi) is 7.54. The molecule has 0 bridgehead atoms. The van der Waals surface area contributed by atoms with E-state index in [9.17, 15) is 4.79 Å². The molecule has 0 saturated carbocycles. The molecule has 0 fully saturated rings. The number of amides is 1. The molecule has 1 heterocycles. The number of rotatable bonds is 9. The van der Waals surface area contributed by atoms with Gasteiger partial charge in [0.05, 0.1) is 24.9 Å². The lowest BCUT2D eigenvalue weighted by molar-refractivity contribution is -0.121. The fourth-order valence-corrected chi connectivity index (χ4v) is 3.18. The number of halogens is 1. The van der Waals surface area contributed by atoms with Crippen molar-refractivity contribution in [2.24, 2.45) is 5.92 Å². The number of hydrogen-bond acceptors (Lipinski definition) is 4. The monoisotopic (exact) mass is 392 g/mol. The molecule has 1 atom stereocenters. The number of benzene rings is 1. The fourth-order valence-electron chi connectivity index (χ4n) is 2.87. The van der Waals surface area contributed by atoms with E-state index in [2.05, 4.69) is 22.2 Å². The molecule has 1 aromatic carbocycles. The number of nitrogens with zero attached hydrogens (tertiary/aromatic N) is 2. The number of methoxy groups -OCH3 is 2. The number of nitrogens with one attached hydrogen (secondary N) is 1. The number of hydrogen-bond donors (Lipinski definition) is 1. The number of imidazole rings is 1. The van der Waals surface area contributed by atoms with Crippen molar-refractivity contribution < 1.29 is 14.3 Å². The van der Waals surface area contributed by atoms with Crippen LogP contribution in [0.5, 0.6) is 11.5 Å². The molecule has 0 spiro atoms. The molecule has 0 aliphatic rings. The molecule has 2 rings (SSSR count). The summed E-state index contributed by atoms with van der Waals surface area (Å²) in [6.07, 6.45) is 1.90. The third kappa shape index (κ3) is 5.63. The number of H-pyrrole nitrogens is 1. The maximum absolute atomic E-state index is 12.0. The van der Waals surface area contributed by atoms with Gasteiger partial charge in [0, 0.05) is 12.1 Å². The van der Waals surface area contributed by atoms with E-state index in [0.717, 1.165) is 35.6 Å². The van der Waals surface area contributed by atoms with Gasteiger partial charge >= 0.3 is 0 Å². The van der Waals surface area contributed by atoms with Crippen molar-refractivity contribution in [3.05, 3.63) is 39.9 Å². The molecule has 0 saturated heterocycles. The summed E-state index contributed by atoms with van der Waals surface area (Å²) in [5, 5.41) is 4.66. The van der Waals surface area contributed by atoms with Gasteiger partial charge in [-0.15, -0.1) is 0 Å². The third-order valence-corrected chi connectivity index (χ3v) is 4.98. The van der Waals surface area contributed by atoms with Gasteiger partial charge in [0.15, 0.2) is 11.5 Å². The second-order valence-corrected chi connectivity index (χ2v) is 7.10. The second kappa shape index (κ2) is 9.65. The lowest BCUT2D eigenvalue weighted by Crippen LogP contribution is -2.17. The summed E-state index contributed by atoms with van der Waals surface area (Å²) in [5.41, 5.74) is 2.92. The molecule has 2 aromatic rings. The van der Waals surface area contributed by atoms with E-state index in [1.165, 1.54) is 0 Å². The molecule has 27 heavy (non-hydrogen) atoms. The van der Waals surface area contributed by atoms with Crippen LogP contribution in [0.25, 0.3) is 0 Å². The van der Waals surface area contributed by atoms with E-state index in [1.807, 2.05) is 26.0 Å². The summed E-state index contributed by atoms with van der Waals surface area (Å²) in [6, 6.07) is 3.79. The van der Waals surface area contributed by atoms with E-state index in [4.69, 9.17) is 21.1 Å². The molecule has 7 heteroatoms. The zero-order chi connectivity index (χ0) is 20.0. The Morgan fingerprint density at radius 2 is 2.04 bits per heavy atom. The van der Waals surface area contributed by atoms with Crippen LogP contribution in [0.3, 0.4) is 0 Å². The molecule has 1 N–H and O–H groups in total. The minimum Gasteiger partial charge on any atom is -0.493 e. The highest BCUT2D eigenvalue weighted by atomic mass is 35.5. The molecule has 1 radical (unpaired) electrons. The van der Waals surface area contributed by atoms with Crippen LogP contribution in [0.1, 0.15) is 42.5 Å². The van der Waals surface area contributed by atoms with Crippen LogP contribution < -0.4 is 14.8 Å². The molecule has 0 aliphatic heterocycles. The van der Waals surface area contributed by atoms with Gasteiger partial charge in [0.2, 0.25) is 5.91 Å². The summed E-state index contributed by atoms with van der Waals surface area (Å²) in [7, 11) is 3.15. The van der Waals surface area contributed by atoms with E-state index in [0.29, 0.717) is 29.5 Å². The van der Waals surface area contributed by atoms with Crippen LogP contribution in [0.2, 0.25) is 5.02 Å². The van der Waals surface area contributed by atoms with Gasteiger partial charge in [0.1, 0.15) is 12.4 Å². The Hall–Kier alpha value is -2.21. The summed E-state index contributed by atoms with van der Waals surface area (Å²) in [4.78, 5) is 19.5. The van der Waals surface area contributed by atoms with Crippen LogP contribution in [0.4, 0.5) is 0 Å². The van der Waals surface area contributed by atoms with E-state index in [-0.39, 0.29) is 11.8 Å².